The summed E-state index contributed by atoms with van der Waals surface area (Å²) in [4.78, 5) is 16.1. The highest BCUT2D eigenvalue weighted by Crippen LogP contribution is 2.55. The van der Waals surface area contributed by atoms with Crippen LogP contribution in [0.25, 0.3) is 11.1 Å². The van der Waals surface area contributed by atoms with Crippen LogP contribution in [0, 0.1) is 0 Å². The van der Waals surface area contributed by atoms with Gasteiger partial charge in [-0.1, -0.05) is 109 Å². The molecule has 5 rings (SSSR count). The van der Waals surface area contributed by atoms with Crippen molar-refractivity contribution < 1.29 is 18.7 Å². The van der Waals surface area contributed by atoms with E-state index in [1.807, 2.05) is 24.3 Å². The molecule has 0 aliphatic heterocycles. The first kappa shape index (κ1) is 28.4. The number of ether oxygens (including phenoxy) is 2. The number of hydrogen-bond donors (Lipinski definition) is 0. The van der Waals surface area contributed by atoms with Gasteiger partial charge in [0.25, 0.3) is 5.95 Å². The molecule has 1 atom stereocenters. The Hall–Kier alpha value is -4.13. The van der Waals surface area contributed by atoms with Crippen LogP contribution in [0.2, 0.25) is 19.6 Å². The molecule has 0 radical (unpaired) electrons. The highest BCUT2D eigenvalue weighted by molar-refractivity contribution is 6.70. The lowest BCUT2D eigenvalue weighted by Gasteiger charge is -2.46. The van der Waals surface area contributed by atoms with E-state index in [0.29, 0.717) is 12.5 Å². The van der Waals surface area contributed by atoms with Gasteiger partial charge in [-0.3, -0.25) is 9.69 Å². The molecule has 0 saturated carbocycles. The molecule has 0 heterocycles. The van der Waals surface area contributed by atoms with Gasteiger partial charge >= 0.3 is 5.97 Å². The summed E-state index contributed by atoms with van der Waals surface area (Å²) in [6.07, 6.45) is 1.78. The fraction of sp³-hybridized carbons (Fsp3) is 0.229. The first-order valence-electron chi connectivity index (χ1n) is 13.9. The second-order valence-corrected chi connectivity index (χ2v) is 15.6. The van der Waals surface area contributed by atoms with Crippen LogP contribution in [-0.2, 0) is 30.8 Å². The maximum atomic E-state index is 13.9. The molecule has 4 aromatic carbocycles. The smallest absolute Gasteiger partial charge is 0.327 e. The van der Waals surface area contributed by atoms with E-state index in [2.05, 4.69) is 109 Å². The number of rotatable bonds is 10. The van der Waals surface area contributed by atoms with Crippen molar-refractivity contribution in [2.24, 2.45) is 0 Å². The summed E-state index contributed by atoms with van der Waals surface area (Å²) in [7, 11) is 0.955. The van der Waals surface area contributed by atoms with E-state index < -0.39 is 25.9 Å². The number of fused-ring (bicyclic) bond motifs is 3. The van der Waals surface area contributed by atoms with Crippen molar-refractivity contribution in [3.8, 4) is 11.1 Å². The van der Waals surface area contributed by atoms with E-state index in [4.69, 9.17) is 13.9 Å². The monoisotopic (exact) mass is 563 g/mol. The average Bonchev–Trinajstić information content (AvgIpc) is 3.29. The standard InChI is InChI=1S/C35H37NO4Si/c1-38-33(40-41(3,4)5)24-32(34(37)39-2)36(25-26-16-8-6-9-17-26)35(27-18-10-7-11-19-27)30-22-14-12-20-28(30)29-21-13-15-23-31(29)35/h6-24,32H,25H2,1-5H3/b33-24+. The number of carbonyl (C=O) groups excluding carboxylic acids is 1. The maximum Gasteiger partial charge on any atom is 0.327 e. The summed E-state index contributed by atoms with van der Waals surface area (Å²) in [5, 5.41) is 0. The van der Waals surface area contributed by atoms with Gasteiger partial charge < -0.3 is 13.9 Å². The van der Waals surface area contributed by atoms with Gasteiger partial charge in [0.2, 0.25) is 8.32 Å². The molecule has 41 heavy (non-hydrogen) atoms. The zero-order valence-corrected chi connectivity index (χ0v) is 25.3. The van der Waals surface area contributed by atoms with Crippen LogP contribution in [0.1, 0.15) is 22.3 Å². The summed E-state index contributed by atoms with van der Waals surface area (Å²) in [5.74, 6) is -0.0766. The number of methoxy groups -OCH3 is 2. The van der Waals surface area contributed by atoms with Crippen LogP contribution in [0.5, 0.6) is 0 Å². The Labute approximate surface area is 244 Å². The summed E-state index contributed by atoms with van der Waals surface area (Å²) in [6, 6.07) is 36.8. The van der Waals surface area contributed by atoms with Crippen LogP contribution >= 0.6 is 0 Å². The van der Waals surface area contributed by atoms with Crippen LogP contribution in [0.4, 0.5) is 0 Å². The molecule has 1 aliphatic carbocycles. The molecule has 0 aromatic heterocycles. The molecule has 5 nitrogen and oxygen atoms in total. The average molecular weight is 564 g/mol. The second kappa shape index (κ2) is 11.8. The predicted molar refractivity (Wildman–Crippen MR) is 166 cm³/mol. The van der Waals surface area contributed by atoms with Crippen LogP contribution in [0.3, 0.4) is 0 Å². The Kier molecular flexibility index (Phi) is 8.15. The van der Waals surface area contributed by atoms with Crippen molar-refractivity contribution in [1.29, 1.82) is 0 Å². The molecule has 210 valence electrons. The SMILES string of the molecule is COC(=O)C(/C=C(\OC)O[Si](C)(C)C)N(Cc1ccccc1)C1(c2ccccc2)c2ccccc2-c2ccccc21. The van der Waals surface area contributed by atoms with Gasteiger partial charge in [0.15, 0.2) is 0 Å². The fourth-order valence-corrected chi connectivity index (χ4v) is 6.62. The summed E-state index contributed by atoms with van der Waals surface area (Å²) >= 11 is 0. The Balaban J connectivity index is 1.87. The maximum absolute atomic E-state index is 13.9. The molecule has 0 saturated heterocycles. The van der Waals surface area contributed by atoms with Gasteiger partial charge in [0, 0.05) is 12.6 Å². The molecule has 0 fully saturated rings. The molecular formula is C35H37NO4Si. The van der Waals surface area contributed by atoms with E-state index in [1.165, 1.54) is 7.11 Å². The van der Waals surface area contributed by atoms with Gasteiger partial charge in [-0.05, 0) is 53.0 Å². The van der Waals surface area contributed by atoms with E-state index in [1.54, 1.807) is 13.2 Å². The van der Waals surface area contributed by atoms with Crippen molar-refractivity contribution in [2.45, 2.75) is 37.8 Å². The van der Waals surface area contributed by atoms with Crippen molar-refractivity contribution in [1.82, 2.24) is 4.90 Å². The molecule has 1 unspecified atom stereocenters. The van der Waals surface area contributed by atoms with E-state index >= 15 is 0 Å². The van der Waals surface area contributed by atoms with Gasteiger partial charge in [-0.2, -0.15) is 0 Å². The van der Waals surface area contributed by atoms with Crippen LogP contribution < -0.4 is 0 Å². The van der Waals surface area contributed by atoms with E-state index in [9.17, 15) is 4.79 Å². The lowest BCUT2D eigenvalue weighted by Crippen LogP contribution is -2.54. The molecule has 0 N–H and O–H groups in total. The lowest BCUT2D eigenvalue weighted by molar-refractivity contribution is -0.147. The molecule has 4 aromatic rings. The minimum atomic E-state index is -2.06. The largest absolute Gasteiger partial charge is 0.520 e. The zero-order valence-electron chi connectivity index (χ0n) is 24.3. The molecular weight excluding hydrogens is 526 g/mol. The Morgan fingerprint density at radius 1 is 0.756 bits per heavy atom. The number of hydrogen-bond acceptors (Lipinski definition) is 5. The third-order valence-electron chi connectivity index (χ3n) is 7.42. The Bertz CT molecular complexity index is 1480. The van der Waals surface area contributed by atoms with E-state index in [0.717, 1.165) is 33.4 Å². The molecule has 0 amide bonds. The third kappa shape index (κ3) is 5.45. The summed E-state index contributed by atoms with van der Waals surface area (Å²) in [6.45, 7) is 6.72. The van der Waals surface area contributed by atoms with Gasteiger partial charge in [0.05, 0.1) is 19.8 Å². The summed E-state index contributed by atoms with van der Waals surface area (Å²) in [5.41, 5.74) is 5.80. The highest BCUT2D eigenvalue weighted by Gasteiger charge is 2.52. The minimum absolute atomic E-state index is 0.320. The number of nitrogens with zero attached hydrogens (tertiary/aromatic N) is 1. The second-order valence-electron chi connectivity index (χ2n) is 11.2. The zero-order chi connectivity index (χ0) is 29.0. The molecule has 0 spiro atoms. The molecule has 0 bridgehead atoms. The van der Waals surface area contributed by atoms with Crippen molar-refractivity contribution in [3.63, 3.8) is 0 Å². The van der Waals surface area contributed by atoms with Crippen molar-refractivity contribution in [2.75, 3.05) is 14.2 Å². The van der Waals surface area contributed by atoms with Crippen LogP contribution in [-0.4, -0.2) is 39.4 Å². The van der Waals surface area contributed by atoms with Crippen LogP contribution in [0.15, 0.2) is 121 Å². The van der Waals surface area contributed by atoms with Gasteiger partial charge in [-0.25, -0.2) is 0 Å². The first-order valence-corrected chi connectivity index (χ1v) is 17.3. The van der Waals surface area contributed by atoms with Gasteiger partial charge in [0.1, 0.15) is 6.04 Å². The summed E-state index contributed by atoms with van der Waals surface area (Å²) < 4.78 is 17.5. The highest BCUT2D eigenvalue weighted by atomic mass is 28.4. The Morgan fingerprint density at radius 3 is 1.78 bits per heavy atom. The number of carbonyl (C=O) groups is 1. The van der Waals surface area contributed by atoms with Crippen molar-refractivity contribution in [3.05, 3.63) is 143 Å². The minimum Gasteiger partial charge on any atom is -0.520 e. The van der Waals surface area contributed by atoms with Gasteiger partial charge in [-0.15, -0.1) is 0 Å². The quantitative estimate of drug-likeness (QED) is 0.115. The third-order valence-corrected chi connectivity index (χ3v) is 8.24. The predicted octanol–water partition coefficient (Wildman–Crippen LogP) is 7.34. The van der Waals surface area contributed by atoms with Crippen molar-refractivity contribution >= 4 is 14.3 Å². The van der Waals surface area contributed by atoms with E-state index in [-0.39, 0.29) is 0 Å². The fourth-order valence-electron chi connectivity index (χ4n) is 5.86. The topological polar surface area (TPSA) is 48.0 Å². The lowest BCUT2D eigenvalue weighted by atomic mass is 9.77. The molecule has 1 aliphatic rings. The Morgan fingerprint density at radius 2 is 1.27 bits per heavy atom. The number of benzene rings is 4. The normalized spacial score (nSPS) is 14.6. The number of esters is 1. The first-order chi connectivity index (χ1) is 19.8. The molecule has 6 heteroatoms.